The molecule has 0 amide bonds. The molecule has 0 aliphatic rings. The molecule has 3 aromatic carbocycles. The van der Waals surface area contributed by atoms with Gasteiger partial charge in [0.25, 0.3) is 0 Å². The molecule has 0 saturated heterocycles. The third-order valence-corrected chi connectivity index (χ3v) is 4.95. The highest BCUT2D eigenvalue weighted by Gasteiger charge is 2.18. The first-order valence-electron chi connectivity index (χ1n) is 9.57. The Bertz CT molecular complexity index is 1070. The van der Waals surface area contributed by atoms with Crippen molar-refractivity contribution in [2.75, 3.05) is 26.2 Å². The predicted molar refractivity (Wildman–Crippen MR) is 116 cm³/mol. The Morgan fingerprint density at radius 3 is 2.19 bits per heavy atom. The van der Waals surface area contributed by atoms with Gasteiger partial charge in [-0.3, -0.25) is 0 Å². The van der Waals surface area contributed by atoms with Crippen molar-refractivity contribution < 1.29 is 28.5 Å². The fraction of sp³-hybridized carbons (Fsp3) is 0.208. The number of aromatic carboxylic acids is 1. The summed E-state index contributed by atoms with van der Waals surface area (Å²) in [5, 5.41) is 9.58. The van der Waals surface area contributed by atoms with Gasteiger partial charge in [-0.2, -0.15) is 0 Å². The van der Waals surface area contributed by atoms with Crippen molar-refractivity contribution in [3.8, 4) is 17.2 Å². The van der Waals surface area contributed by atoms with Crippen LogP contribution in [-0.4, -0.2) is 32.4 Å². The molecule has 0 atom stereocenters. The summed E-state index contributed by atoms with van der Waals surface area (Å²) < 4.78 is 30.4. The number of carboxylic acids is 1. The maximum absolute atomic E-state index is 14.4. The molecule has 0 aliphatic carbocycles. The fourth-order valence-electron chi connectivity index (χ4n) is 3.34. The molecule has 7 heteroatoms. The van der Waals surface area contributed by atoms with Crippen molar-refractivity contribution in [3.05, 3.63) is 83.2 Å². The normalized spacial score (nSPS) is 10.5. The molecular formula is C24H24FNO5. The second kappa shape index (κ2) is 9.84. The van der Waals surface area contributed by atoms with Gasteiger partial charge in [0.2, 0.25) is 0 Å². The van der Waals surface area contributed by atoms with Crippen molar-refractivity contribution in [3.63, 3.8) is 0 Å². The van der Waals surface area contributed by atoms with E-state index in [0.29, 0.717) is 29.3 Å². The zero-order valence-electron chi connectivity index (χ0n) is 17.6. The van der Waals surface area contributed by atoms with Crippen LogP contribution < -0.4 is 19.1 Å². The van der Waals surface area contributed by atoms with Crippen LogP contribution >= 0.6 is 0 Å². The summed E-state index contributed by atoms with van der Waals surface area (Å²) in [5.41, 5.74) is 1.92. The molecule has 0 bridgehead atoms. The molecule has 1 N–H and O–H groups in total. The molecule has 0 saturated carbocycles. The molecule has 0 heterocycles. The highest BCUT2D eigenvalue weighted by molar-refractivity contribution is 5.92. The summed E-state index contributed by atoms with van der Waals surface area (Å²) in [5.74, 6) is 0.107. The maximum Gasteiger partial charge on any atom is 0.339 e. The number of halogens is 1. The van der Waals surface area contributed by atoms with Crippen molar-refractivity contribution in [2.24, 2.45) is 0 Å². The molecule has 3 rings (SSSR count). The van der Waals surface area contributed by atoms with Gasteiger partial charge in [-0.05, 0) is 42.5 Å². The van der Waals surface area contributed by atoms with Gasteiger partial charge in [0.1, 0.15) is 28.6 Å². The van der Waals surface area contributed by atoms with Gasteiger partial charge in [0.15, 0.2) is 0 Å². The van der Waals surface area contributed by atoms with Crippen LogP contribution in [0.2, 0.25) is 0 Å². The zero-order chi connectivity index (χ0) is 22.4. The standard InChI is InChI=1S/C24H24FNO5/c1-29-19-9-11-22(30-2)17(12-19)15-26(14-16-6-4-5-7-21(16)25)18-8-10-23(31-3)20(13-18)24(27)28/h4-13H,14-15H2,1-3H3,(H,27,28). The topological polar surface area (TPSA) is 68.2 Å². The molecule has 0 aromatic heterocycles. The zero-order valence-corrected chi connectivity index (χ0v) is 17.6. The van der Waals surface area contributed by atoms with Gasteiger partial charge in [-0.1, -0.05) is 18.2 Å². The highest BCUT2D eigenvalue weighted by atomic mass is 19.1. The van der Waals surface area contributed by atoms with Gasteiger partial charge in [-0.25, -0.2) is 9.18 Å². The van der Waals surface area contributed by atoms with E-state index in [-0.39, 0.29) is 23.7 Å². The summed E-state index contributed by atoms with van der Waals surface area (Å²) >= 11 is 0. The van der Waals surface area contributed by atoms with Crippen LogP contribution in [0.15, 0.2) is 60.7 Å². The quantitative estimate of drug-likeness (QED) is 0.533. The van der Waals surface area contributed by atoms with Crippen LogP contribution in [-0.2, 0) is 13.1 Å². The Morgan fingerprint density at radius 1 is 0.871 bits per heavy atom. The van der Waals surface area contributed by atoms with Gasteiger partial charge in [-0.15, -0.1) is 0 Å². The molecule has 3 aromatic rings. The average molecular weight is 425 g/mol. The van der Waals surface area contributed by atoms with Crippen molar-refractivity contribution in [2.45, 2.75) is 13.1 Å². The summed E-state index contributed by atoms with van der Waals surface area (Å²) in [7, 11) is 4.56. The lowest BCUT2D eigenvalue weighted by atomic mass is 10.1. The third kappa shape index (κ3) is 5.06. The Balaban J connectivity index is 2.07. The third-order valence-electron chi connectivity index (χ3n) is 4.95. The van der Waals surface area contributed by atoms with Crippen LogP contribution in [0.3, 0.4) is 0 Å². The monoisotopic (exact) mass is 425 g/mol. The lowest BCUT2D eigenvalue weighted by Gasteiger charge is -2.27. The summed E-state index contributed by atoms with van der Waals surface area (Å²) in [6.07, 6.45) is 0. The predicted octanol–water partition coefficient (Wildman–Crippen LogP) is 4.76. The smallest absolute Gasteiger partial charge is 0.339 e. The number of hydrogen-bond acceptors (Lipinski definition) is 5. The Hall–Kier alpha value is -3.74. The fourth-order valence-corrected chi connectivity index (χ4v) is 3.34. The lowest BCUT2D eigenvalue weighted by molar-refractivity contribution is 0.0693. The van der Waals surface area contributed by atoms with E-state index in [1.54, 1.807) is 56.7 Å². The molecule has 0 aliphatic heterocycles. The Morgan fingerprint density at radius 2 is 1.55 bits per heavy atom. The van der Waals surface area contributed by atoms with E-state index in [1.165, 1.54) is 19.2 Å². The van der Waals surface area contributed by atoms with Gasteiger partial charge < -0.3 is 24.2 Å². The van der Waals surface area contributed by atoms with Crippen LogP contribution in [0.1, 0.15) is 21.5 Å². The number of carboxylic acid groups (broad SMARTS) is 1. The first-order valence-corrected chi connectivity index (χ1v) is 9.57. The van der Waals surface area contributed by atoms with Gasteiger partial charge >= 0.3 is 5.97 Å². The lowest BCUT2D eigenvalue weighted by Crippen LogP contribution is -2.23. The minimum Gasteiger partial charge on any atom is -0.497 e. The van der Waals surface area contributed by atoms with Crippen molar-refractivity contribution >= 4 is 11.7 Å². The number of rotatable bonds is 9. The van der Waals surface area contributed by atoms with Crippen LogP contribution in [0.25, 0.3) is 0 Å². The van der Waals surface area contributed by atoms with Crippen molar-refractivity contribution in [1.29, 1.82) is 0 Å². The van der Waals surface area contributed by atoms with Gasteiger partial charge in [0.05, 0.1) is 21.3 Å². The second-order valence-corrected chi connectivity index (χ2v) is 6.81. The Kier molecular flexibility index (Phi) is 6.97. The van der Waals surface area contributed by atoms with Crippen LogP contribution in [0.5, 0.6) is 17.2 Å². The number of carbonyl (C=O) groups is 1. The minimum absolute atomic E-state index is 0.0242. The van der Waals surface area contributed by atoms with Gasteiger partial charge in [0, 0.05) is 29.9 Å². The van der Waals surface area contributed by atoms with E-state index in [1.807, 2.05) is 11.0 Å². The molecule has 162 valence electrons. The van der Waals surface area contributed by atoms with E-state index in [4.69, 9.17) is 14.2 Å². The molecular weight excluding hydrogens is 401 g/mol. The van der Waals surface area contributed by atoms with E-state index in [2.05, 4.69) is 0 Å². The van der Waals surface area contributed by atoms with E-state index in [0.717, 1.165) is 5.56 Å². The maximum atomic E-state index is 14.4. The second-order valence-electron chi connectivity index (χ2n) is 6.81. The van der Waals surface area contributed by atoms with E-state index >= 15 is 0 Å². The molecule has 0 spiro atoms. The summed E-state index contributed by atoms with van der Waals surface area (Å²) in [6, 6.07) is 16.8. The number of methoxy groups -OCH3 is 3. The molecule has 6 nitrogen and oxygen atoms in total. The highest BCUT2D eigenvalue weighted by Crippen LogP contribution is 2.31. The average Bonchev–Trinajstić information content (AvgIpc) is 2.79. The molecule has 0 radical (unpaired) electrons. The summed E-state index contributed by atoms with van der Waals surface area (Å²) in [4.78, 5) is 13.6. The number of benzene rings is 3. The molecule has 0 unspecified atom stereocenters. The SMILES string of the molecule is COc1ccc(OC)c(CN(Cc2ccccc2F)c2ccc(OC)c(C(=O)O)c2)c1. The van der Waals surface area contributed by atoms with E-state index < -0.39 is 5.97 Å². The van der Waals surface area contributed by atoms with Crippen LogP contribution in [0, 0.1) is 5.82 Å². The van der Waals surface area contributed by atoms with E-state index in [9.17, 15) is 14.3 Å². The number of anilines is 1. The first kappa shape index (κ1) is 22.0. The van der Waals surface area contributed by atoms with Crippen molar-refractivity contribution in [1.82, 2.24) is 0 Å². The first-order chi connectivity index (χ1) is 15.0. The molecule has 0 fully saturated rings. The molecule has 31 heavy (non-hydrogen) atoms. The minimum atomic E-state index is -1.11. The van der Waals surface area contributed by atoms with Crippen LogP contribution in [0.4, 0.5) is 10.1 Å². The summed E-state index contributed by atoms with van der Waals surface area (Å²) in [6.45, 7) is 0.554. The number of ether oxygens (including phenoxy) is 3. The largest absolute Gasteiger partial charge is 0.497 e. The Labute approximate surface area is 180 Å². The number of nitrogens with zero attached hydrogens (tertiary/aromatic N) is 1. The number of hydrogen-bond donors (Lipinski definition) is 1.